The zero-order chi connectivity index (χ0) is 15.6. The second kappa shape index (κ2) is 4.45. The van der Waals surface area contributed by atoms with Crippen molar-refractivity contribution in [2.75, 3.05) is 16.8 Å². The molecule has 0 fully saturated rings. The van der Waals surface area contributed by atoms with E-state index >= 15 is 0 Å². The van der Waals surface area contributed by atoms with Gasteiger partial charge in [0, 0.05) is 19.0 Å². The van der Waals surface area contributed by atoms with Gasteiger partial charge in [0.1, 0.15) is 17.8 Å². The summed E-state index contributed by atoms with van der Waals surface area (Å²) in [4.78, 5) is 4.23. The SMILES string of the molecule is CC1c2cc(F)cc(F)c2N2c3ccccc3N(C)C2C1C. The Morgan fingerprint density at radius 1 is 1.00 bits per heavy atom. The lowest BCUT2D eigenvalue weighted by atomic mass is 9.81. The van der Waals surface area contributed by atoms with Crippen molar-refractivity contribution in [1.29, 1.82) is 0 Å². The van der Waals surface area contributed by atoms with Crippen LogP contribution in [0, 0.1) is 17.6 Å². The van der Waals surface area contributed by atoms with Crippen molar-refractivity contribution in [3.8, 4) is 0 Å². The van der Waals surface area contributed by atoms with Gasteiger partial charge in [0.15, 0.2) is 0 Å². The summed E-state index contributed by atoms with van der Waals surface area (Å²) < 4.78 is 28.3. The Bertz CT molecular complexity index is 759. The lowest BCUT2D eigenvalue weighted by Crippen LogP contribution is -2.48. The molecule has 0 N–H and O–H groups in total. The van der Waals surface area contributed by atoms with Gasteiger partial charge < -0.3 is 9.80 Å². The maximum atomic E-state index is 14.6. The fraction of sp³-hybridized carbons (Fsp3) is 0.333. The molecule has 3 unspecified atom stereocenters. The Morgan fingerprint density at radius 3 is 2.41 bits per heavy atom. The van der Waals surface area contributed by atoms with Crippen LogP contribution < -0.4 is 9.80 Å². The molecule has 0 saturated carbocycles. The molecule has 114 valence electrons. The van der Waals surface area contributed by atoms with Gasteiger partial charge in [-0.1, -0.05) is 26.0 Å². The van der Waals surface area contributed by atoms with Crippen LogP contribution in [0.2, 0.25) is 0 Å². The summed E-state index contributed by atoms with van der Waals surface area (Å²) in [5.41, 5.74) is 3.35. The summed E-state index contributed by atoms with van der Waals surface area (Å²) in [5, 5.41) is 0. The number of nitrogens with zero attached hydrogens (tertiary/aromatic N) is 2. The standard InChI is InChI=1S/C18H18F2N2/c1-10-11(2)18-21(3)15-6-4-5-7-16(15)22(18)17-13(10)8-12(19)9-14(17)20/h4-11,18H,1-3H3. The Morgan fingerprint density at radius 2 is 1.68 bits per heavy atom. The molecule has 4 heteroatoms. The number of hydrogen-bond donors (Lipinski definition) is 0. The van der Waals surface area contributed by atoms with Crippen LogP contribution in [0.5, 0.6) is 0 Å². The van der Waals surface area contributed by atoms with Gasteiger partial charge in [0.2, 0.25) is 0 Å². The molecule has 4 rings (SSSR count). The van der Waals surface area contributed by atoms with Gasteiger partial charge in [-0.15, -0.1) is 0 Å². The maximum Gasteiger partial charge on any atom is 0.150 e. The van der Waals surface area contributed by atoms with Crippen LogP contribution in [0.1, 0.15) is 25.3 Å². The molecular weight excluding hydrogens is 282 g/mol. The van der Waals surface area contributed by atoms with E-state index in [-0.39, 0.29) is 18.0 Å². The predicted octanol–water partition coefficient (Wildman–Crippen LogP) is 4.63. The zero-order valence-electron chi connectivity index (χ0n) is 12.8. The molecule has 2 aliphatic rings. The van der Waals surface area contributed by atoms with E-state index in [4.69, 9.17) is 0 Å². The second-order valence-electron chi connectivity index (χ2n) is 6.36. The van der Waals surface area contributed by atoms with Crippen molar-refractivity contribution >= 4 is 17.1 Å². The molecule has 0 radical (unpaired) electrons. The minimum absolute atomic E-state index is 0.0554. The lowest BCUT2D eigenvalue weighted by molar-refractivity contribution is 0.373. The van der Waals surface area contributed by atoms with E-state index in [1.807, 2.05) is 36.2 Å². The quantitative estimate of drug-likeness (QED) is 0.700. The molecule has 22 heavy (non-hydrogen) atoms. The van der Waals surface area contributed by atoms with Crippen LogP contribution in [-0.2, 0) is 0 Å². The van der Waals surface area contributed by atoms with Crippen molar-refractivity contribution in [1.82, 2.24) is 0 Å². The molecular formula is C18H18F2N2. The Kier molecular flexibility index (Phi) is 2.74. The van der Waals surface area contributed by atoms with Crippen molar-refractivity contribution in [3.05, 3.63) is 53.6 Å². The number of halogens is 2. The fourth-order valence-electron chi connectivity index (χ4n) is 3.99. The molecule has 2 aromatic rings. The monoisotopic (exact) mass is 300 g/mol. The summed E-state index contributed by atoms with van der Waals surface area (Å²) in [7, 11) is 2.04. The fourth-order valence-corrected chi connectivity index (χ4v) is 3.99. The van der Waals surface area contributed by atoms with Gasteiger partial charge in [-0.3, -0.25) is 0 Å². The third-order valence-corrected chi connectivity index (χ3v) is 5.23. The van der Waals surface area contributed by atoms with Gasteiger partial charge in [-0.2, -0.15) is 0 Å². The maximum absolute atomic E-state index is 14.6. The normalized spacial score (nSPS) is 25.8. The van der Waals surface area contributed by atoms with Gasteiger partial charge in [-0.25, -0.2) is 8.78 Å². The molecule has 0 bridgehead atoms. The summed E-state index contributed by atoms with van der Waals surface area (Å²) in [6.07, 6.45) is 0.0554. The molecule has 0 aliphatic carbocycles. The van der Waals surface area contributed by atoms with Crippen molar-refractivity contribution < 1.29 is 8.78 Å². The van der Waals surface area contributed by atoms with E-state index in [9.17, 15) is 8.78 Å². The van der Waals surface area contributed by atoms with Crippen LogP contribution in [0.3, 0.4) is 0 Å². The molecule has 2 aliphatic heterocycles. The van der Waals surface area contributed by atoms with Crippen LogP contribution in [0.25, 0.3) is 0 Å². The van der Waals surface area contributed by atoms with Gasteiger partial charge in [0.05, 0.1) is 17.1 Å². The van der Waals surface area contributed by atoms with Crippen LogP contribution in [0.4, 0.5) is 25.8 Å². The lowest BCUT2D eigenvalue weighted by Gasteiger charge is -2.44. The third kappa shape index (κ3) is 1.58. The molecule has 3 atom stereocenters. The first-order valence-corrected chi connectivity index (χ1v) is 7.60. The molecule has 2 nitrogen and oxygen atoms in total. The number of anilines is 3. The molecule has 0 spiro atoms. The smallest absolute Gasteiger partial charge is 0.150 e. The van der Waals surface area contributed by atoms with Crippen LogP contribution >= 0.6 is 0 Å². The molecule has 0 amide bonds. The topological polar surface area (TPSA) is 6.48 Å². The van der Waals surface area contributed by atoms with E-state index in [1.54, 1.807) is 0 Å². The van der Waals surface area contributed by atoms with Gasteiger partial charge in [0.25, 0.3) is 0 Å². The number of rotatable bonds is 0. The summed E-state index contributed by atoms with van der Waals surface area (Å²) in [6.45, 7) is 4.20. The van der Waals surface area contributed by atoms with Crippen LogP contribution in [0.15, 0.2) is 36.4 Å². The summed E-state index contributed by atoms with van der Waals surface area (Å²) >= 11 is 0. The average Bonchev–Trinajstić information content (AvgIpc) is 2.78. The number of hydrogen-bond acceptors (Lipinski definition) is 2. The molecule has 2 heterocycles. The van der Waals surface area contributed by atoms with Gasteiger partial charge >= 0.3 is 0 Å². The third-order valence-electron chi connectivity index (χ3n) is 5.23. The Balaban J connectivity index is 2.02. The van der Waals surface area contributed by atoms with Crippen molar-refractivity contribution in [2.45, 2.75) is 25.9 Å². The van der Waals surface area contributed by atoms with E-state index < -0.39 is 11.6 Å². The average molecular weight is 300 g/mol. The van der Waals surface area contributed by atoms with Crippen molar-refractivity contribution in [2.24, 2.45) is 5.92 Å². The highest BCUT2D eigenvalue weighted by atomic mass is 19.1. The first-order valence-electron chi connectivity index (χ1n) is 7.60. The van der Waals surface area contributed by atoms with Crippen LogP contribution in [-0.4, -0.2) is 13.2 Å². The highest BCUT2D eigenvalue weighted by Crippen LogP contribution is 2.53. The number of para-hydroxylation sites is 2. The number of fused-ring (bicyclic) bond motifs is 5. The largest absolute Gasteiger partial charge is 0.352 e. The highest BCUT2D eigenvalue weighted by molar-refractivity contribution is 5.86. The summed E-state index contributed by atoms with van der Waals surface area (Å²) in [6, 6.07) is 10.5. The minimum atomic E-state index is -0.505. The summed E-state index contributed by atoms with van der Waals surface area (Å²) in [5.74, 6) is -0.636. The molecule has 0 aromatic heterocycles. The predicted molar refractivity (Wildman–Crippen MR) is 84.7 cm³/mol. The number of benzene rings is 2. The van der Waals surface area contributed by atoms with E-state index in [0.717, 1.165) is 23.0 Å². The minimum Gasteiger partial charge on any atom is -0.352 e. The molecule has 2 aromatic carbocycles. The highest BCUT2D eigenvalue weighted by Gasteiger charge is 2.46. The Hall–Kier alpha value is -2.10. The van der Waals surface area contributed by atoms with Crippen molar-refractivity contribution in [3.63, 3.8) is 0 Å². The molecule has 0 saturated heterocycles. The zero-order valence-corrected chi connectivity index (χ0v) is 12.8. The Labute approximate surface area is 129 Å². The van der Waals surface area contributed by atoms with E-state index in [0.29, 0.717) is 5.69 Å². The van der Waals surface area contributed by atoms with E-state index in [2.05, 4.69) is 18.7 Å². The second-order valence-corrected chi connectivity index (χ2v) is 6.36. The first-order chi connectivity index (χ1) is 10.5. The van der Waals surface area contributed by atoms with Gasteiger partial charge in [-0.05, 0) is 29.7 Å². The first kappa shape index (κ1) is 13.6. The van der Waals surface area contributed by atoms with E-state index in [1.165, 1.54) is 6.07 Å².